The van der Waals surface area contributed by atoms with Crippen LogP contribution in [0.2, 0.25) is 0 Å². The summed E-state index contributed by atoms with van der Waals surface area (Å²) in [5.74, 6) is 26.5. The maximum Gasteiger partial charge on any atom is 0.252 e. The normalized spacial score (nSPS) is 13.7. The number of imidazole rings is 2. The Kier molecular flexibility index (Phi) is 19.3. The van der Waals surface area contributed by atoms with E-state index in [1.807, 2.05) is 133 Å². The quantitative estimate of drug-likeness (QED) is 0.144. The second-order valence-electron chi connectivity index (χ2n) is 24.0. The Morgan fingerprint density at radius 3 is 1.58 bits per heavy atom. The molecule has 16 rings (SSSR count). The van der Waals surface area contributed by atoms with Gasteiger partial charge < -0.3 is 24.5 Å². The van der Waals surface area contributed by atoms with E-state index in [1.54, 1.807) is 44.6 Å². The lowest BCUT2D eigenvalue weighted by atomic mass is 9.97. The number of rotatable bonds is 8. The maximum absolute atomic E-state index is 13.3. The Labute approximate surface area is 565 Å². The fraction of sp³-hybridized carbons (Fsp3) is 0.169. The number of aliphatic imine (C=N–C) groups is 4. The second kappa shape index (κ2) is 29.6. The first-order chi connectivity index (χ1) is 47.5. The molecule has 6 aliphatic rings. The molecule has 0 spiro atoms. The fourth-order valence-corrected chi connectivity index (χ4v) is 11.5. The molecule has 1 saturated carbocycles. The van der Waals surface area contributed by atoms with Crippen molar-refractivity contribution in [2.24, 2.45) is 40.0 Å². The summed E-state index contributed by atoms with van der Waals surface area (Å²) in [6, 6.07) is 55.8. The maximum atomic E-state index is 13.3. The first-order valence-electron chi connectivity index (χ1n) is 32.1. The summed E-state index contributed by atoms with van der Waals surface area (Å²) >= 11 is 0. The molecule has 3 aromatic heterocycles. The SMILES string of the molecule is C(#CC1CC1)C1=NCc2ccccc21.COc1ccc(C#CC2=NCc3ccccc32)cc1.Cc1ccc(C(NC(=O)c2ccc3c(c2)CN=C3C#Cc2cncn2C)c2ccncc2)cc1.Cn1cncc1C#CC1=NCc2cc(C(=O)NCC3=Cc4ccccc4C3)ccc21. The molecule has 14 heteroatoms. The largest absolute Gasteiger partial charge is 0.497 e. The molecule has 7 aromatic carbocycles. The van der Waals surface area contributed by atoms with Gasteiger partial charge in [-0.15, -0.1) is 0 Å². The molecule has 97 heavy (non-hydrogen) atoms. The van der Waals surface area contributed by atoms with Crippen LogP contribution in [0.1, 0.15) is 129 Å². The highest BCUT2D eigenvalue weighted by Crippen LogP contribution is 2.30. The van der Waals surface area contributed by atoms with E-state index >= 15 is 0 Å². The highest BCUT2D eigenvalue weighted by molar-refractivity contribution is 6.17. The highest BCUT2D eigenvalue weighted by atomic mass is 16.5. The van der Waals surface area contributed by atoms with Gasteiger partial charge in [-0.3, -0.25) is 34.5 Å². The number of nitrogens with zero attached hydrogens (tertiary/aromatic N) is 9. The summed E-state index contributed by atoms with van der Waals surface area (Å²) in [7, 11) is 5.47. The third-order valence-corrected chi connectivity index (χ3v) is 17.1. The molecular weight excluding hydrogens is 1200 g/mol. The predicted molar refractivity (Wildman–Crippen MR) is 382 cm³/mol. The zero-order valence-corrected chi connectivity index (χ0v) is 54.3. The number of hydrogen-bond acceptors (Lipinski definition) is 10. The molecule has 7 heterocycles. The first kappa shape index (κ1) is 63.3. The van der Waals surface area contributed by atoms with Crippen LogP contribution < -0.4 is 15.4 Å². The topological polar surface area (TPSA) is 165 Å². The number of pyridine rings is 1. The number of hydrogen-bond donors (Lipinski definition) is 2. The molecule has 2 amide bonds. The summed E-state index contributed by atoms with van der Waals surface area (Å²) in [4.78, 5) is 56.2. The van der Waals surface area contributed by atoms with Crippen LogP contribution in [0.4, 0.5) is 0 Å². The minimum absolute atomic E-state index is 0.0657. The van der Waals surface area contributed by atoms with Gasteiger partial charge in [0.15, 0.2) is 0 Å². The van der Waals surface area contributed by atoms with Crippen LogP contribution >= 0.6 is 0 Å². The van der Waals surface area contributed by atoms with Crippen LogP contribution in [0, 0.1) is 60.2 Å². The van der Waals surface area contributed by atoms with E-state index in [-0.39, 0.29) is 17.9 Å². The van der Waals surface area contributed by atoms with Gasteiger partial charge in [0.05, 0.1) is 64.4 Å². The smallest absolute Gasteiger partial charge is 0.252 e. The fourth-order valence-electron chi connectivity index (χ4n) is 11.5. The average molecular weight is 1270 g/mol. The van der Waals surface area contributed by atoms with E-state index < -0.39 is 0 Å². The Bertz CT molecular complexity index is 5090. The third kappa shape index (κ3) is 15.6. The van der Waals surface area contributed by atoms with Gasteiger partial charge in [0.2, 0.25) is 0 Å². The van der Waals surface area contributed by atoms with Crippen LogP contribution in [-0.2, 0) is 46.7 Å². The molecule has 4 aliphatic heterocycles. The summed E-state index contributed by atoms with van der Waals surface area (Å²) in [6.07, 6.45) is 16.0. The van der Waals surface area contributed by atoms with Crippen LogP contribution in [0.5, 0.6) is 5.75 Å². The Hall–Kier alpha value is -12.5. The molecule has 1 atom stereocenters. The Morgan fingerprint density at radius 1 is 0.526 bits per heavy atom. The molecular formula is C83H67N11O3. The van der Waals surface area contributed by atoms with E-state index in [4.69, 9.17) is 4.74 Å². The molecule has 0 radical (unpaired) electrons. The van der Waals surface area contributed by atoms with Crippen molar-refractivity contribution in [3.05, 3.63) is 313 Å². The molecule has 1 fully saturated rings. The van der Waals surface area contributed by atoms with Gasteiger partial charge >= 0.3 is 0 Å². The number of aryl methyl sites for hydroxylation is 3. The number of carbonyl (C=O) groups is 2. The van der Waals surface area contributed by atoms with E-state index in [0.717, 1.165) is 104 Å². The van der Waals surface area contributed by atoms with Gasteiger partial charge in [-0.05, 0) is 172 Å². The van der Waals surface area contributed by atoms with Gasteiger partial charge in [0, 0.05) is 77.9 Å². The summed E-state index contributed by atoms with van der Waals surface area (Å²) in [6.45, 7) is 5.21. The molecule has 2 N–H and O–H groups in total. The molecule has 2 aliphatic carbocycles. The summed E-state index contributed by atoms with van der Waals surface area (Å²) in [5, 5.41) is 6.24. The van der Waals surface area contributed by atoms with Crippen molar-refractivity contribution in [2.45, 2.75) is 58.4 Å². The second-order valence-corrected chi connectivity index (χ2v) is 24.0. The number of fused-ring (bicyclic) bond motifs is 5. The lowest BCUT2D eigenvalue weighted by Gasteiger charge is -2.20. The summed E-state index contributed by atoms with van der Waals surface area (Å²) in [5.41, 5.74) is 23.1. The molecule has 1 unspecified atom stereocenters. The van der Waals surface area contributed by atoms with E-state index in [0.29, 0.717) is 36.7 Å². The number of benzene rings is 7. The van der Waals surface area contributed by atoms with Gasteiger partial charge in [0.1, 0.15) is 40.0 Å². The predicted octanol–water partition coefficient (Wildman–Crippen LogP) is 12.6. The van der Waals surface area contributed by atoms with Crippen LogP contribution in [0.15, 0.2) is 233 Å². The lowest BCUT2D eigenvalue weighted by molar-refractivity contribution is 0.0939. The molecule has 472 valence electrons. The lowest BCUT2D eigenvalue weighted by Crippen LogP contribution is -2.29. The van der Waals surface area contributed by atoms with Crippen LogP contribution in [0.25, 0.3) is 6.08 Å². The minimum atomic E-state index is -0.277. The van der Waals surface area contributed by atoms with Crippen molar-refractivity contribution >= 4 is 40.7 Å². The number of ether oxygens (including phenoxy) is 1. The molecule has 0 saturated heterocycles. The van der Waals surface area contributed by atoms with Gasteiger partial charge in [-0.2, -0.15) is 0 Å². The van der Waals surface area contributed by atoms with Crippen molar-refractivity contribution in [1.29, 1.82) is 0 Å². The zero-order chi connectivity index (χ0) is 66.5. The van der Waals surface area contributed by atoms with Crippen molar-refractivity contribution < 1.29 is 14.3 Å². The van der Waals surface area contributed by atoms with Crippen LogP contribution in [-0.4, -0.2) is 72.4 Å². The van der Waals surface area contributed by atoms with E-state index in [2.05, 4.69) is 166 Å². The van der Waals surface area contributed by atoms with Gasteiger partial charge in [-0.1, -0.05) is 133 Å². The number of carbonyl (C=O) groups excluding carboxylic acids is 2. The highest BCUT2D eigenvalue weighted by Gasteiger charge is 2.23. The van der Waals surface area contributed by atoms with Crippen molar-refractivity contribution in [2.75, 3.05) is 13.7 Å². The van der Waals surface area contributed by atoms with Crippen LogP contribution in [0.3, 0.4) is 0 Å². The van der Waals surface area contributed by atoms with E-state index in [1.165, 1.54) is 51.8 Å². The average Bonchev–Trinajstić information content (AvgIpc) is 1.71. The van der Waals surface area contributed by atoms with Crippen molar-refractivity contribution in [3.8, 4) is 53.1 Å². The van der Waals surface area contributed by atoms with Gasteiger partial charge in [-0.25, -0.2) is 9.97 Å². The third-order valence-electron chi connectivity index (χ3n) is 17.1. The minimum Gasteiger partial charge on any atom is -0.497 e. The van der Waals surface area contributed by atoms with E-state index in [9.17, 15) is 9.59 Å². The molecule has 10 aromatic rings. The molecule has 0 bridgehead atoms. The Balaban J connectivity index is 0.000000122. The monoisotopic (exact) mass is 1270 g/mol. The van der Waals surface area contributed by atoms with Crippen molar-refractivity contribution in [1.82, 2.24) is 34.7 Å². The van der Waals surface area contributed by atoms with Crippen molar-refractivity contribution in [3.63, 3.8) is 0 Å². The number of methoxy groups -OCH3 is 1. The number of nitrogens with one attached hydrogen (secondary N) is 2. The Morgan fingerprint density at radius 2 is 1.03 bits per heavy atom. The zero-order valence-electron chi connectivity index (χ0n) is 54.3. The summed E-state index contributed by atoms with van der Waals surface area (Å²) < 4.78 is 8.86. The standard InChI is InChI=1S/C28H23N5O.C25H20N4O.C17H13NO.C13H11N/c1-19-3-5-20(6-4-19)27(21-11-13-29-14-12-21)32-28(34)22-7-9-25-23(15-22)16-31-26(25)10-8-24-17-30-18-33(24)2;1-29-16-26-15-22(29)7-9-24-23-8-6-20(12-21(23)14-27-24)25(30)28-13-17-10-18-4-2-3-5-19(18)11-17;1-19-15-9-6-13(7-10-15)8-11-17-16-5-3-2-4-14(16)12-18-17;1-2-4-12-11(3-1)9-14-13(12)8-7-10-5-6-10/h3-7,9,11-15,17-18,27H,16H2,1-2H3,(H,32,34);2-6,8,10,12,15-16H,11,13-14H2,1H3,(H,28,30);2-7,9-10H,12H2,1H3;1-4,10H,5-6,9H2. The first-order valence-corrected chi connectivity index (χ1v) is 32.1. The van der Waals surface area contributed by atoms with Gasteiger partial charge in [0.25, 0.3) is 11.8 Å². The number of aromatic nitrogens is 5. The molecule has 14 nitrogen and oxygen atoms in total. The number of amides is 2.